The lowest BCUT2D eigenvalue weighted by molar-refractivity contribution is -0.134. The molecule has 1 saturated heterocycles. The first-order valence-electron chi connectivity index (χ1n) is 3.36. The van der Waals surface area contributed by atoms with Crippen LogP contribution >= 0.6 is 0 Å². The fourth-order valence-corrected chi connectivity index (χ4v) is 0.883. The minimum atomic E-state index is -0.743. The second-order valence-corrected chi connectivity index (χ2v) is 2.21. The van der Waals surface area contributed by atoms with E-state index in [0.29, 0.717) is 6.61 Å². The summed E-state index contributed by atoms with van der Waals surface area (Å²) in [6.45, 7) is 2.18. The van der Waals surface area contributed by atoms with E-state index >= 15 is 0 Å². The van der Waals surface area contributed by atoms with Crippen LogP contribution < -0.4 is 5.32 Å². The number of carbonyl (C=O) groups excluding carboxylic acids is 2. The third kappa shape index (κ3) is 1.32. The molecule has 0 bridgehead atoms. The van der Waals surface area contributed by atoms with E-state index in [1.807, 2.05) is 0 Å². The normalized spacial score (nSPS) is 24.2. The summed E-state index contributed by atoms with van der Waals surface area (Å²) < 4.78 is 4.99. The zero-order chi connectivity index (χ0) is 8.43. The Morgan fingerprint density at radius 2 is 2.27 bits per heavy atom. The van der Waals surface area contributed by atoms with Crippen molar-refractivity contribution in [3.05, 3.63) is 0 Å². The number of likely N-dealkylation sites (N-methyl/N-ethyl adjacent to an activating group) is 1. The van der Waals surface area contributed by atoms with E-state index in [1.54, 1.807) is 6.92 Å². The molecule has 0 aromatic rings. The van der Waals surface area contributed by atoms with Crippen LogP contribution in [0.15, 0.2) is 0 Å². The van der Waals surface area contributed by atoms with Gasteiger partial charge in [0.05, 0.1) is 0 Å². The van der Waals surface area contributed by atoms with Gasteiger partial charge in [0.15, 0.2) is 0 Å². The number of carbonyl (C=O) groups is 2. The van der Waals surface area contributed by atoms with Crippen molar-refractivity contribution in [2.45, 2.75) is 13.2 Å². The van der Waals surface area contributed by atoms with Crippen molar-refractivity contribution < 1.29 is 14.3 Å². The monoisotopic (exact) mass is 158 g/mol. The van der Waals surface area contributed by atoms with Crippen molar-refractivity contribution in [2.24, 2.45) is 0 Å². The Kier molecular flexibility index (Phi) is 2.09. The lowest BCUT2D eigenvalue weighted by Gasteiger charge is -2.14. The van der Waals surface area contributed by atoms with E-state index in [4.69, 9.17) is 4.74 Å². The summed E-state index contributed by atoms with van der Waals surface area (Å²) in [5.74, 6) is -0.389. The molecule has 0 saturated carbocycles. The van der Waals surface area contributed by atoms with Crippen molar-refractivity contribution in [2.75, 3.05) is 13.7 Å². The number of nitrogens with zero attached hydrogens (tertiary/aromatic N) is 1. The molecule has 1 aliphatic heterocycles. The van der Waals surface area contributed by atoms with E-state index in [0.717, 1.165) is 0 Å². The molecule has 0 aromatic heterocycles. The highest BCUT2D eigenvalue weighted by molar-refractivity contribution is 6.03. The second-order valence-electron chi connectivity index (χ2n) is 2.21. The second kappa shape index (κ2) is 2.87. The Balaban J connectivity index is 2.63. The highest BCUT2D eigenvalue weighted by atomic mass is 16.5. The van der Waals surface area contributed by atoms with Crippen molar-refractivity contribution in [3.8, 4) is 0 Å². The van der Waals surface area contributed by atoms with Crippen LogP contribution in [0.2, 0.25) is 0 Å². The van der Waals surface area contributed by atoms with Crippen molar-refractivity contribution in [1.29, 1.82) is 0 Å². The number of hydrogen-bond acceptors (Lipinski definition) is 3. The fraction of sp³-hybridized carbons (Fsp3) is 0.667. The highest BCUT2D eigenvalue weighted by Gasteiger charge is 2.35. The summed E-state index contributed by atoms with van der Waals surface area (Å²) in [7, 11) is 1.51. The van der Waals surface area contributed by atoms with Crippen molar-refractivity contribution in [3.63, 3.8) is 0 Å². The third-order valence-electron chi connectivity index (χ3n) is 1.45. The Labute approximate surface area is 64.3 Å². The molecule has 11 heavy (non-hydrogen) atoms. The molecule has 1 fully saturated rings. The number of amides is 3. The predicted octanol–water partition coefficient (Wildman–Crippen LogP) is -0.469. The van der Waals surface area contributed by atoms with Gasteiger partial charge in [-0.2, -0.15) is 0 Å². The number of urea groups is 1. The molecule has 0 radical (unpaired) electrons. The molecule has 1 atom stereocenters. The summed E-state index contributed by atoms with van der Waals surface area (Å²) in [6, 6.07) is -0.409. The number of imide groups is 1. The first-order valence-corrected chi connectivity index (χ1v) is 3.36. The first kappa shape index (κ1) is 8.00. The average Bonchev–Trinajstić information content (AvgIpc) is 2.17. The topological polar surface area (TPSA) is 58.6 Å². The van der Waals surface area contributed by atoms with Crippen LogP contribution in [0, 0.1) is 0 Å². The van der Waals surface area contributed by atoms with Crippen LogP contribution in [-0.4, -0.2) is 36.7 Å². The molecular weight excluding hydrogens is 148 g/mol. The molecule has 62 valence electrons. The first-order chi connectivity index (χ1) is 5.16. The van der Waals surface area contributed by atoms with Crippen LogP contribution in [0.25, 0.3) is 0 Å². The van der Waals surface area contributed by atoms with Gasteiger partial charge in [0.1, 0.15) is 0 Å². The van der Waals surface area contributed by atoms with E-state index in [-0.39, 0.29) is 5.91 Å². The molecule has 0 aliphatic carbocycles. The van der Waals surface area contributed by atoms with Crippen LogP contribution in [0.5, 0.6) is 0 Å². The van der Waals surface area contributed by atoms with Gasteiger partial charge >= 0.3 is 6.03 Å². The minimum Gasteiger partial charge on any atom is -0.350 e. The number of rotatable bonds is 2. The molecule has 1 N–H and O–H groups in total. The molecule has 0 spiro atoms. The molecule has 1 unspecified atom stereocenters. The van der Waals surface area contributed by atoms with Gasteiger partial charge in [0.25, 0.3) is 5.91 Å². The van der Waals surface area contributed by atoms with Crippen LogP contribution in [0.3, 0.4) is 0 Å². The predicted molar refractivity (Wildman–Crippen MR) is 36.7 cm³/mol. The molecule has 1 rings (SSSR count). The fourth-order valence-electron chi connectivity index (χ4n) is 0.883. The SMILES string of the molecule is CCOC1C(=O)NC(=O)N1C. The summed E-state index contributed by atoms with van der Waals surface area (Å²) >= 11 is 0. The Morgan fingerprint density at radius 3 is 2.64 bits per heavy atom. The zero-order valence-corrected chi connectivity index (χ0v) is 6.46. The van der Waals surface area contributed by atoms with Gasteiger partial charge in [-0.3, -0.25) is 15.0 Å². The molecule has 0 aromatic carbocycles. The lowest BCUT2D eigenvalue weighted by Crippen LogP contribution is -2.33. The van der Waals surface area contributed by atoms with Gasteiger partial charge in [0, 0.05) is 13.7 Å². The van der Waals surface area contributed by atoms with Crippen LogP contribution in [0.1, 0.15) is 6.92 Å². The molecule has 1 heterocycles. The molecule has 3 amide bonds. The third-order valence-corrected chi connectivity index (χ3v) is 1.45. The van der Waals surface area contributed by atoms with E-state index in [2.05, 4.69) is 5.32 Å². The lowest BCUT2D eigenvalue weighted by atomic mass is 10.5. The van der Waals surface area contributed by atoms with Gasteiger partial charge in [-0.25, -0.2) is 4.79 Å². The van der Waals surface area contributed by atoms with Crippen LogP contribution in [-0.2, 0) is 9.53 Å². The zero-order valence-electron chi connectivity index (χ0n) is 6.46. The number of ether oxygens (including phenoxy) is 1. The van der Waals surface area contributed by atoms with Crippen molar-refractivity contribution in [1.82, 2.24) is 10.2 Å². The maximum absolute atomic E-state index is 10.9. The maximum atomic E-state index is 10.9. The highest BCUT2D eigenvalue weighted by Crippen LogP contribution is 2.05. The molecular formula is C6H10N2O3. The molecule has 5 nitrogen and oxygen atoms in total. The van der Waals surface area contributed by atoms with Gasteiger partial charge in [-0.1, -0.05) is 0 Å². The minimum absolute atomic E-state index is 0.389. The summed E-state index contributed by atoms with van der Waals surface area (Å²) in [6.07, 6.45) is -0.743. The van der Waals surface area contributed by atoms with Crippen LogP contribution in [0.4, 0.5) is 4.79 Å². The largest absolute Gasteiger partial charge is 0.350 e. The van der Waals surface area contributed by atoms with Gasteiger partial charge in [-0.15, -0.1) is 0 Å². The van der Waals surface area contributed by atoms with E-state index < -0.39 is 12.3 Å². The Bertz CT molecular complexity index is 192. The number of nitrogens with one attached hydrogen (secondary N) is 1. The van der Waals surface area contributed by atoms with Gasteiger partial charge in [-0.05, 0) is 6.92 Å². The Morgan fingerprint density at radius 1 is 1.64 bits per heavy atom. The van der Waals surface area contributed by atoms with Crippen molar-refractivity contribution >= 4 is 11.9 Å². The standard InChI is InChI=1S/C6H10N2O3/c1-3-11-5-4(9)7-6(10)8(5)2/h5H,3H2,1-2H3,(H,7,9,10). The number of hydrogen-bond donors (Lipinski definition) is 1. The Hall–Kier alpha value is -1.10. The van der Waals surface area contributed by atoms with Gasteiger partial charge < -0.3 is 4.74 Å². The molecule has 5 heteroatoms. The molecule has 1 aliphatic rings. The average molecular weight is 158 g/mol. The smallest absolute Gasteiger partial charge is 0.326 e. The summed E-state index contributed by atoms with van der Waals surface area (Å²) in [5.41, 5.74) is 0. The van der Waals surface area contributed by atoms with Gasteiger partial charge in [0.2, 0.25) is 6.23 Å². The van der Waals surface area contributed by atoms with E-state index in [1.165, 1.54) is 11.9 Å². The quantitative estimate of drug-likeness (QED) is 0.553. The summed E-state index contributed by atoms with van der Waals surface area (Å²) in [5, 5.41) is 2.12. The van der Waals surface area contributed by atoms with E-state index in [9.17, 15) is 9.59 Å². The maximum Gasteiger partial charge on any atom is 0.326 e. The summed E-state index contributed by atoms with van der Waals surface area (Å²) in [4.78, 5) is 22.9.